The van der Waals surface area contributed by atoms with Crippen LogP contribution in [0.4, 0.5) is 0 Å². The zero-order valence-electron chi connectivity index (χ0n) is 8.32. The lowest BCUT2D eigenvalue weighted by Gasteiger charge is -2.03. The molecule has 0 heterocycles. The third kappa shape index (κ3) is 2.66. The predicted octanol–water partition coefficient (Wildman–Crippen LogP) is 1.68. The first-order valence-electron chi connectivity index (χ1n) is 4.91. The largest absolute Gasteiger partial charge is 0.310 e. The highest BCUT2D eigenvalue weighted by molar-refractivity contribution is 7.84. The summed E-state index contributed by atoms with van der Waals surface area (Å²) in [6, 6.07) is 8.73. The van der Waals surface area contributed by atoms with Gasteiger partial charge in [0.05, 0.1) is 0 Å². The molecule has 0 bridgehead atoms. The summed E-state index contributed by atoms with van der Waals surface area (Å²) in [4.78, 5) is 0.903. The fourth-order valence-corrected chi connectivity index (χ4v) is 1.87. The molecule has 0 aromatic heterocycles. The number of nitrogens with one attached hydrogen (secondary N) is 1. The maximum absolute atomic E-state index is 11.1. The van der Waals surface area contributed by atoms with Crippen LogP contribution in [0.2, 0.25) is 0 Å². The number of hydrogen-bond donors (Lipinski definition) is 1. The van der Waals surface area contributed by atoms with Gasteiger partial charge in [-0.3, -0.25) is 4.21 Å². The Labute approximate surface area is 87.2 Å². The average Bonchev–Trinajstić information content (AvgIpc) is 2.99. The van der Waals surface area contributed by atoms with Gasteiger partial charge in [-0.15, -0.1) is 0 Å². The van der Waals surface area contributed by atoms with E-state index in [1.165, 1.54) is 18.4 Å². The second kappa shape index (κ2) is 4.24. The molecule has 2 rings (SSSR count). The van der Waals surface area contributed by atoms with Gasteiger partial charge in [0.15, 0.2) is 0 Å². The van der Waals surface area contributed by atoms with Crippen molar-refractivity contribution in [2.75, 3.05) is 6.26 Å². The van der Waals surface area contributed by atoms with Gasteiger partial charge in [0.2, 0.25) is 0 Å². The second-order valence-corrected chi connectivity index (χ2v) is 5.13. The molecule has 14 heavy (non-hydrogen) atoms. The average molecular weight is 209 g/mol. The Balaban J connectivity index is 1.94. The first kappa shape index (κ1) is 9.87. The van der Waals surface area contributed by atoms with Crippen molar-refractivity contribution < 1.29 is 4.21 Å². The molecule has 0 radical (unpaired) electrons. The summed E-state index contributed by atoms with van der Waals surface area (Å²) in [5.74, 6) is 0. The molecule has 76 valence electrons. The molecule has 0 spiro atoms. The number of rotatable bonds is 4. The first-order chi connectivity index (χ1) is 6.75. The standard InChI is InChI=1S/C11H15NOS/c1-14(13)11-6-2-9(3-7-11)8-12-10-4-5-10/h2-3,6-7,10,12H,4-5,8H2,1H3/t14-/m1/s1. The summed E-state index contributed by atoms with van der Waals surface area (Å²) in [5, 5.41) is 3.45. The van der Waals surface area contributed by atoms with Gasteiger partial charge in [-0.1, -0.05) is 12.1 Å². The highest BCUT2D eigenvalue weighted by Gasteiger charge is 2.19. The minimum Gasteiger partial charge on any atom is -0.310 e. The van der Waals surface area contributed by atoms with Crippen LogP contribution in [-0.4, -0.2) is 16.5 Å². The van der Waals surface area contributed by atoms with E-state index in [1.54, 1.807) is 6.26 Å². The van der Waals surface area contributed by atoms with Gasteiger partial charge >= 0.3 is 0 Å². The zero-order chi connectivity index (χ0) is 9.97. The lowest BCUT2D eigenvalue weighted by molar-refractivity contribution is 0.684. The van der Waals surface area contributed by atoms with E-state index in [0.29, 0.717) is 0 Å². The molecular formula is C11H15NOS. The molecule has 1 fully saturated rings. The van der Waals surface area contributed by atoms with Crippen LogP contribution in [-0.2, 0) is 17.3 Å². The second-order valence-electron chi connectivity index (χ2n) is 3.75. The summed E-state index contributed by atoms with van der Waals surface area (Å²) in [6.07, 6.45) is 4.34. The molecule has 1 saturated carbocycles. The van der Waals surface area contributed by atoms with Gasteiger partial charge in [0.1, 0.15) is 0 Å². The molecule has 0 aliphatic heterocycles. The van der Waals surface area contributed by atoms with Gasteiger partial charge in [0.25, 0.3) is 0 Å². The van der Waals surface area contributed by atoms with Crippen LogP contribution >= 0.6 is 0 Å². The van der Waals surface area contributed by atoms with Crippen molar-refractivity contribution in [2.45, 2.75) is 30.3 Å². The Kier molecular flexibility index (Phi) is 2.99. The highest BCUT2D eigenvalue weighted by Crippen LogP contribution is 2.19. The van der Waals surface area contributed by atoms with E-state index < -0.39 is 10.8 Å². The summed E-state index contributed by atoms with van der Waals surface area (Å²) in [7, 11) is -0.858. The van der Waals surface area contributed by atoms with E-state index in [2.05, 4.69) is 5.32 Å². The van der Waals surface area contributed by atoms with E-state index in [9.17, 15) is 4.21 Å². The summed E-state index contributed by atoms with van der Waals surface area (Å²) in [5.41, 5.74) is 1.27. The Morgan fingerprint density at radius 2 is 2.00 bits per heavy atom. The van der Waals surface area contributed by atoms with Crippen molar-refractivity contribution in [3.05, 3.63) is 29.8 Å². The SMILES string of the molecule is C[S@@](=O)c1ccc(CNC2CC2)cc1. The van der Waals surface area contributed by atoms with Crippen LogP contribution in [0.3, 0.4) is 0 Å². The third-order valence-corrected chi connectivity index (χ3v) is 3.36. The Morgan fingerprint density at radius 1 is 1.36 bits per heavy atom. The Morgan fingerprint density at radius 3 is 2.50 bits per heavy atom. The van der Waals surface area contributed by atoms with Crippen LogP contribution in [0.5, 0.6) is 0 Å². The molecule has 1 aliphatic rings. The predicted molar refractivity (Wildman–Crippen MR) is 58.6 cm³/mol. The van der Waals surface area contributed by atoms with Crippen LogP contribution < -0.4 is 5.32 Å². The van der Waals surface area contributed by atoms with E-state index in [0.717, 1.165) is 17.5 Å². The van der Waals surface area contributed by atoms with Crippen molar-refractivity contribution in [3.63, 3.8) is 0 Å². The normalized spacial score (nSPS) is 18.1. The molecule has 0 unspecified atom stereocenters. The van der Waals surface area contributed by atoms with Gasteiger partial charge in [-0.25, -0.2) is 0 Å². The fraction of sp³-hybridized carbons (Fsp3) is 0.455. The van der Waals surface area contributed by atoms with Gasteiger partial charge < -0.3 is 5.32 Å². The van der Waals surface area contributed by atoms with E-state index >= 15 is 0 Å². The molecular weight excluding hydrogens is 194 g/mol. The van der Waals surface area contributed by atoms with Crippen LogP contribution in [0.25, 0.3) is 0 Å². The van der Waals surface area contributed by atoms with Crippen molar-refractivity contribution in [1.82, 2.24) is 5.32 Å². The zero-order valence-corrected chi connectivity index (χ0v) is 9.14. The minimum atomic E-state index is -0.858. The van der Waals surface area contributed by atoms with Crippen molar-refractivity contribution in [1.29, 1.82) is 0 Å². The topological polar surface area (TPSA) is 29.1 Å². The number of hydrogen-bond acceptors (Lipinski definition) is 2. The maximum atomic E-state index is 11.1. The molecule has 1 aromatic carbocycles. The quantitative estimate of drug-likeness (QED) is 0.817. The highest BCUT2D eigenvalue weighted by atomic mass is 32.2. The molecule has 0 amide bonds. The molecule has 1 N–H and O–H groups in total. The lowest BCUT2D eigenvalue weighted by Crippen LogP contribution is -2.15. The minimum absolute atomic E-state index is 0.745. The van der Waals surface area contributed by atoms with Crippen LogP contribution in [0, 0.1) is 0 Å². The Hall–Kier alpha value is -0.670. The smallest absolute Gasteiger partial charge is 0.0498 e. The van der Waals surface area contributed by atoms with E-state index in [4.69, 9.17) is 0 Å². The lowest BCUT2D eigenvalue weighted by atomic mass is 10.2. The molecule has 1 atom stereocenters. The van der Waals surface area contributed by atoms with E-state index in [-0.39, 0.29) is 0 Å². The summed E-state index contributed by atoms with van der Waals surface area (Å²) >= 11 is 0. The Bertz CT molecular complexity index is 330. The monoisotopic (exact) mass is 209 g/mol. The molecule has 0 saturated heterocycles. The molecule has 1 aromatic rings. The van der Waals surface area contributed by atoms with E-state index in [1.807, 2.05) is 24.3 Å². The summed E-state index contributed by atoms with van der Waals surface area (Å²) in [6.45, 7) is 0.932. The van der Waals surface area contributed by atoms with Crippen LogP contribution in [0.1, 0.15) is 18.4 Å². The fourth-order valence-electron chi connectivity index (χ4n) is 1.35. The third-order valence-electron chi connectivity index (χ3n) is 2.43. The number of benzene rings is 1. The van der Waals surface area contributed by atoms with Gasteiger partial charge in [-0.2, -0.15) is 0 Å². The maximum Gasteiger partial charge on any atom is 0.0498 e. The molecule has 2 nitrogen and oxygen atoms in total. The molecule has 1 aliphatic carbocycles. The van der Waals surface area contributed by atoms with Crippen LogP contribution in [0.15, 0.2) is 29.2 Å². The van der Waals surface area contributed by atoms with Crippen molar-refractivity contribution in [2.24, 2.45) is 0 Å². The molecule has 3 heteroatoms. The first-order valence-corrected chi connectivity index (χ1v) is 6.47. The van der Waals surface area contributed by atoms with Gasteiger partial charge in [0, 0.05) is 34.5 Å². The summed E-state index contributed by atoms with van der Waals surface area (Å²) < 4.78 is 11.1. The van der Waals surface area contributed by atoms with Crippen molar-refractivity contribution >= 4 is 10.8 Å². The van der Waals surface area contributed by atoms with Crippen molar-refractivity contribution in [3.8, 4) is 0 Å². The van der Waals surface area contributed by atoms with Gasteiger partial charge in [-0.05, 0) is 30.5 Å².